The molecule has 0 saturated carbocycles. The minimum atomic E-state index is -0.851. The summed E-state index contributed by atoms with van der Waals surface area (Å²) in [5, 5.41) is 23.0. The van der Waals surface area contributed by atoms with Crippen molar-refractivity contribution in [1.29, 1.82) is 0 Å². The second kappa shape index (κ2) is 44.1. The number of nitrogens with one attached hydrogen (secondary N) is 1. The van der Waals surface area contributed by atoms with E-state index in [1.807, 2.05) is 6.08 Å². The van der Waals surface area contributed by atoms with E-state index < -0.39 is 12.1 Å². The lowest BCUT2D eigenvalue weighted by atomic mass is 10.0. The molecule has 0 aromatic heterocycles. The van der Waals surface area contributed by atoms with E-state index in [1.165, 1.54) is 161 Å². The first-order chi connectivity index (χ1) is 26.5. The van der Waals surface area contributed by atoms with Gasteiger partial charge in [0.1, 0.15) is 0 Å². The number of unbranched alkanes of at least 4 members (excludes halogenated alkanes) is 30. The zero-order valence-corrected chi connectivity index (χ0v) is 36.0. The van der Waals surface area contributed by atoms with Crippen molar-refractivity contribution in [2.24, 2.45) is 0 Å². The van der Waals surface area contributed by atoms with Crippen LogP contribution in [0, 0.1) is 0 Å². The van der Waals surface area contributed by atoms with E-state index in [4.69, 9.17) is 4.74 Å². The highest BCUT2D eigenvalue weighted by atomic mass is 16.5. The van der Waals surface area contributed by atoms with Crippen LogP contribution in [0.2, 0.25) is 0 Å². The molecule has 1 amide bonds. The Bertz CT molecular complexity index is 843. The van der Waals surface area contributed by atoms with Gasteiger partial charge in [0.2, 0.25) is 5.91 Å². The fraction of sp³-hybridized carbons (Fsp3) is 0.875. The Labute approximate surface area is 335 Å². The number of aliphatic hydroxyl groups excluding tert-OH is 2. The van der Waals surface area contributed by atoms with Crippen molar-refractivity contribution in [3.63, 3.8) is 0 Å². The van der Waals surface area contributed by atoms with Gasteiger partial charge >= 0.3 is 5.97 Å². The van der Waals surface area contributed by atoms with E-state index >= 15 is 0 Å². The molecule has 0 bridgehead atoms. The van der Waals surface area contributed by atoms with Gasteiger partial charge in [0, 0.05) is 12.8 Å². The van der Waals surface area contributed by atoms with Crippen molar-refractivity contribution in [2.45, 2.75) is 257 Å². The van der Waals surface area contributed by atoms with Gasteiger partial charge in [-0.15, -0.1) is 0 Å². The maximum absolute atomic E-state index is 12.4. The number of aliphatic hydroxyl groups is 2. The first-order valence-corrected chi connectivity index (χ1v) is 23.6. The molecule has 0 aromatic carbocycles. The molecule has 318 valence electrons. The lowest BCUT2D eigenvalue weighted by Gasteiger charge is -2.20. The minimum absolute atomic E-state index is 0.0186. The van der Waals surface area contributed by atoms with Crippen LogP contribution in [-0.4, -0.2) is 47.4 Å². The summed E-state index contributed by atoms with van der Waals surface area (Å²) in [6.07, 6.45) is 50.2. The van der Waals surface area contributed by atoms with E-state index in [-0.39, 0.29) is 18.5 Å². The van der Waals surface area contributed by atoms with Gasteiger partial charge in [-0.05, 0) is 51.4 Å². The number of allylic oxidation sites excluding steroid dienone is 3. The Kier molecular flexibility index (Phi) is 42.7. The highest BCUT2D eigenvalue weighted by Crippen LogP contribution is 2.15. The van der Waals surface area contributed by atoms with Crippen molar-refractivity contribution in [2.75, 3.05) is 13.2 Å². The van der Waals surface area contributed by atoms with Crippen LogP contribution >= 0.6 is 0 Å². The Morgan fingerprint density at radius 1 is 0.500 bits per heavy atom. The number of esters is 1. The van der Waals surface area contributed by atoms with Crippen molar-refractivity contribution >= 4 is 11.9 Å². The van der Waals surface area contributed by atoms with Crippen LogP contribution < -0.4 is 5.32 Å². The van der Waals surface area contributed by atoms with Gasteiger partial charge in [0.15, 0.2) is 0 Å². The quantitative estimate of drug-likeness (QED) is 0.0327. The average molecular weight is 762 g/mol. The predicted molar refractivity (Wildman–Crippen MR) is 232 cm³/mol. The van der Waals surface area contributed by atoms with Crippen molar-refractivity contribution in [3.05, 3.63) is 24.3 Å². The standard InChI is InChI=1S/C48H91NO5/c1-3-5-7-9-11-13-15-17-21-24-28-32-36-40-46(51)45(44-50)49-47(52)41-37-33-29-25-22-18-16-19-23-27-31-35-39-43-54-48(53)42-38-34-30-26-20-14-12-10-8-6-4-2/h10,12,36,40,45-46,50-51H,3-9,11,13-35,37-39,41-44H2,1-2H3,(H,49,52)/b12-10-,40-36+. The van der Waals surface area contributed by atoms with Crippen molar-refractivity contribution in [1.82, 2.24) is 5.32 Å². The molecule has 0 rings (SSSR count). The van der Waals surface area contributed by atoms with Gasteiger partial charge in [-0.2, -0.15) is 0 Å². The molecular formula is C48H91NO5. The molecule has 2 atom stereocenters. The number of rotatable bonds is 43. The SMILES string of the molecule is CCCC/C=C\CCCCCCCC(=O)OCCCCCCCCCCCCCCCC(=O)NC(CO)C(O)/C=C/CCCCCCCCCCCCC. The van der Waals surface area contributed by atoms with Gasteiger partial charge in [-0.25, -0.2) is 0 Å². The summed E-state index contributed by atoms with van der Waals surface area (Å²) in [6, 6.07) is -0.636. The molecule has 6 nitrogen and oxygen atoms in total. The number of amides is 1. The molecule has 54 heavy (non-hydrogen) atoms. The van der Waals surface area contributed by atoms with E-state index in [0.29, 0.717) is 19.4 Å². The van der Waals surface area contributed by atoms with Crippen LogP contribution in [0.3, 0.4) is 0 Å². The molecule has 6 heteroatoms. The molecule has 0 radical (unpaired) electrons. The van der Waals surface area contributed by atoms with Gasteiger partial charge in [-0.3, -0.25) is 9.59 Å². The molecule has 0 fully saturated rings. The maximum Gasteiger partial charge on any atom is 0.305 e. The third kappa shape index (κ3) is 40.0. The minimum Gasteiger partial charge on any atom is -0.466 e. The molecule has 0 aromatic rings. The number of hydrogen-bond acceptors (Lipinski definition) is 5. The predicted octanol–water partition coefficient (Wildman–Crippen LogP) is 13.6. The maximum atomic E-state index is 12.4. The molecule has 0 aliphatic heterocycles. The summed E-state index contributed by atoms with van der Waals surface area (Å²) in [7, 11) is 0. The number of carbonyl (C=O) groups is 2. The van der Waals surface area contributed by atoms with E-state index in [0.717, 1.165) is 57.8 Å². The first kappa shape index (κ1) is 52.3. The van der Waals surface area contributed by atoms with Crippen LogP contribution in [0.5, 0.6) is 0 Å². The van der Waals surface area contributed by atoms with Crippen molar-refractivity contribution < 1.29 is 24.5 Å². The Morgan fingerprint density at radius 2 is 0.889 bits per heavy atom. The third-order valence-electron chi connectivity index (χ3n) is 10.7. The van der Waals surface area contributed by atoms with Crippen LogP contribution in [0.4, 0.5) is 0 Å². The summed E-state index contributed by atoms with van der Waals surface area (Å²) in [6.45, 7) is 4.82. The average Bonchev–Trinajstić information content (AvgIpc) is 3.17. The highest BCUT2D eigenvalue weighted by Gasteiger charge is 2.18. The molecule has 2 unspecified atom stereocenters. The number of carbonyl (C=O) groups excluding carboxylic acids is 2. The Hall–Kier alpha value is -1.66. The second-order valence-electron chi connectivity index (χ2n) is 16.1. The molecule has 3 N–H and O–H groups in total. The summed E-state index contributed by atoms with van der Waals surface area (Å²) in [5.41, 5.74) is 0. The fourth-order valence-corrected chi connectivity index (χ4v) is 7.02. The van der Waals surface area contributed by atoms with E-state index in [9.17, 15) is 19.8 Å². The van der Waals surface area contributed by atoms with Crippen LogP contribution in [0.1, 0.15) is 245 Å². The monoisotopic (exact) mass is 762 g/mol. The Balaban J connectivity index is 3.50. The van der Waals surface area contributed by atoms with Gasteiger partial charge in [0.25, 0.3) is 0 Å². The second-order valence-corrected chi connectivity index (χ2v) is 16.1. The van der Waals surface area contributed by atoms with E-state index in [2.05, 4.69) is 31.3 Å². The zero-order chi connectivity index (χ0) is 39.4. The first-order valence-electron chi connectivity index (χ1n) is 23.6. The fourth-order valence-electron chi connectivity index (χ4n) is 7.02. The normalized spacial score (nSPS) is 12.9. The summed E-state index contributed by atoms with van der Waals surface area (Å²) >= 11 is 0. The van der Waals surface area contributed by atoms with Crippen molar-refractivity contribution in [3.8, 4) is 0 Å². The summed E-state index contributed by atoms with van der Waals surface area (Å²) in [5.74, 6) is -0.101. The lowest BCUT2D eigenvalue weighted by Crippen LogP contribution is -2.45. The van der Waals surface area contributed by atoms with Crippen LogP contribution in [0.15, 0.2) is 24.3 Å². The van der Waals surface area contributed by atoms with Crippen LogP contribution in [0.25, 0.3) is 0 Å². The topological polar surface area (TPSA) is 95.9 Å². The highest BCUT2D eigenvalue weighted by molar-refractivity contribution is 5.76. The molecule has 0 heterocycles. The zero-order valence-electron chi connectivity index (χ0n) is 36.0. The summed E-state index contributed by atoms with van der Waals surface area (Å²) in [4.78, 5) is 24.3. The number of ether oxygens (including phenoxy) is 1. The van der Waals surface area contributed by atoms with Crippen LogP contribution in [-0.2, 0) is 14.3 Å². The lowest BCUT2D eigenvalue weighted by molar-refractivity contribution is -0.143. The molecule has 0 saturated heterocycles. The van der Waals surface area contributed by atoms with Gasteiger partial charge in [0.05, 0.1) is 25.4 Å². The largest absolute Gasteiger partial charge is 0.466 e. The number of hydrogen-bond donors (Lipinski definition) is 3. The molecule has 0 aliphatic carbocycles. The summed E-state index contributed by atoms with van der Waals surface area (Å²) < 4.78 is 5.43. The smallest absolute Gasteiger partial charge is 0.305 e. The van der Waals surface area contributed by atoms with Gasteiger partial charge < -0.3 is 20.3 Å². The van der Waals surface area contributed by atoms with Gasteiger partial charge in [-0.1, -0.05) is 205 Å². The molecule has 0 spiro atoms. The molecular weight excluding hydrogens is 671 g/mol. The molecule has 0 aliphatic rings. The van der Waals surface area contributed by atoms with E-state index in [1.54, 1.807) is 6.08 Å². The third-order valence-corrected chi connectivity index (χ3v) is 10.7. The Morgan fingerprint density at radius 3 is 1.37 bits per heavy atom.